The summed E-state index contributed by atoms with van der Waals surface area (Å²) in [7, 11) is 0. The van der Waals surface area contributed by atoms with E-state index >= 15 is 0 Å². The van der Waals surface area contributed by atoms with Crippen molar-refractivity contribution >= 4 is 36.0 Å². The highest BCUT2D eigenvalue weighted by atomic mass is 35.5. The molecule has 1 rings (SSSR count). The van der Waals surface area contributed by atoms with Crippen molar-refractivity contribution in [2.24, 2.45) is 5.92 Å². The smallest absolute Gasteiger partial charge is 0.0446 e. The van der Waals surface area contributed by atoms with E-state index in [1.165, 1.54) is 24.2 Å². The summed E-state index contributed by atoms with van der Waals surface area (Å²) >= 11 is 12.5. The van der Waals surface area contributed by atoms with Crippen LogP contribution < -0.4 is 0 Å². The summed E-state index contributed by atoms with van der Waals surface area (Å²) < 4.78 is 0. The van der Waals surface area contributed by atoms with Crippen molar-refractivity contribution < 1.29 is 0 Å². The maximum absolute atomic E-state index is 6.11. The maximum Gasteiger partial charge on any atom is 0.0446 e. The Kier molecular flexibility index (Phi) is 7.42. The topological polar surface area (TPSA) is 0 Å². The zero-order valence-corrected chi connectivity index (χ0v) is 12.1. The van der Waals surface area contributed by atoms with Gasteiger partial charge in [-0.1, -0.05) is 43.1 Å². The molecule has 0 amide bonds. The number of halogens is 1. The minimum atomic E-state index is 0.737. The molecule has 0 aliphatic carbocycles. The zero-order chi connectivity index (χ0) is 11.8. The Bertz CT molecular complexity index is 302. The molecule has 0 saturated heterocycles. The number of thiol groups is 1. The first-order valence-corrected chi connectivity index (χ1v) is 7.86. The van der Waals surface area contributed by atoms with E-state index in [1.807, 2.05) is 30.0 Å². The van der Waals surface area contributed by atoms with E-state index < -0.39 is 0 Å². The number of hydrogen-bond acceptors (Lipinski definition) is 2. The quantitative estimate of drug-likeness (QED) is 0.689. The van der Waals surface area contributed by atoms with Gasteiger partial charge in [-0.2, -0.15) is 24.4 Å². The molecule has 16 heavy (non-hydrogen) atoms. The lowest BCUT2D eigenvalue weighted by atomic mass is 10.1. The van der Waals surface area contributed by atoms with Crippen molar-refractivity contribution in [3.05, 3.63) is 34.9 Å². The van der Waals surface area contributed by atoms with Gasteiger partial charge in [-0.25, -0.2) is 0 Å². The normalized spacial score (nSPS) is 12.7. The molecule has 1 unspecified atom stereocenters. The predicted molar refractivity (Wildman–Crippen MR) is 79.9 cm³/mol. The van der Waals surface area contributed by atoms with Crippen molar-refractivity contribution in [2.45, 2.75) is 25.5 Å². The second-order valence-electron chi connectivity index (χ2n) is 3.94. The van der Waals surface area contributed by atoms with E-state index in [4.69, 9.17) is 11.6 Å². The first-order chi connectivity index (χ1) is 7.77. The third-order valence-corrected chi connectivity index (χ3v) is 4.63. The Morgan fingerprint density at radius 2 is 2.12 bits per heavy atom. The largest absolute Gasteiger partial charge is 0.179 e. The van der Waals surface area contributed by atoms with Crippen LogP contribution in [0.3, 0.4) is 0 Å². The lowest BCUT2D eigenvalue weighted by molar-refractivity contribution is 0.595. The van der Waals surface area contributed by atoms with Crippen LogP contribution >= 0.6 is 36.0 Å². The molecule has 1 aromatic carbocycles. The second-order valence-corrected chi connectivity index (χ2v) is 5.75. The molecule has 0 nitrogen and oxygen atoms in total. The molecular weight excluding hydrogens is 256 g/mol. The highest BCUT2D eigenvalue weighted by molar-refractivity contribution is 7.98. The number of thioether (sulfide) groups is 1. The lowest BCUT2D eigenvalue weighted by Crippen LogP contribution is -2.05. The van der Waals surface area contributed by atoms with Gasteiger partial charge in [-0.15, -0.1) is 0 Å². The Labute approximate surface area is 114 Å². The summed E-state index contributed by atoms with van der Waals surface area (Å²) in [6, 6.07) is 8.08. The van der Waals surface area contributed by atoms with Crippen LogP contribution in [0.2, 0.25) is 5.02 Å². The lowest BCUT2D eigenvalue weighted by Gasteiger charge is -2.12. The average molecular weight is 275 g/mol. The van der Waals surface area contributed by atoms with E-state index in [0.29, 0.717) is 0 Å². The molecule has 0 aliphatic heterocycles. The standard InChI is InChI=1S/C13H19ClS2/c1-2-5-11(8-15)9-16-10-12-6-3-4-7-13(12)14/h3-4,6-7,11,15H,2,5,8-10H2,1H3. The Morgan fingerprint density at radius 1 is 1.38 bits per heavy atom. The van der Waals surface area contributed by atoms with Crippen LogP contribution in [0, 0.1) is 5.92 Å². The molecule has 1 atom stereocenters. The Hall–Kier alpha value is 0.210. The molecular formula is C13H19ClS2. The van der Waals surface area contributed by atoms with Gasteiger partial charge in [0.25, 0.3) is 0 Å². The molecule has 0 N–H and O–H groups in total. The molecule has 1 aromatic rings. The van der Waals surface area contributed by atoms with Gasteiger partial charge in [0.15, 0.2) is 0 Å². The summed E-state index contributed by atoms with van der Waals surface area (Å²) in [5.41, 5.74) is 1.24. The predicted octanol–water partition coefficient (Wildman–Crippen LogP) is 4.92. The molecule has 0 spiro atoms. The highest BCUT2D eigenvalue weighted by Gasteiger charge is 2.06. The summed E-state index contributed by atoms with van der Waals surface area (Å²) in [6.07, 6.45) is 2.52. The van der Waals surface area contributed by atoms with E-state index in [9.17, 15) is 0 Å². The molecule has 0 bridgehead atoms. The van der Waals surface area contributed by atoms with Crippen LogP contribution in [0.5, 0.6) is 0 Å². The van der Waals surface area contributed by atoms with Gasteiger partial charge >= 0.3 is 0 Å². The molecule has 0 aromatic heterocycles. The fourth-order valence-electron chi connectivity index (χ4n) is 1.59. The first kappa shape index (κ1) is 14.3. The van der Waals surface area contributed by atoms with Gasteiger partial charge < -0.3 is 0 Å². The highest BCUT2D eigenvalue weighted by Crippen LogP contribution is 2.23. The van der Waals surface area contributed by atoms with Crippen LogP contribution in [0.1, 0.15) is 25.3 Å². The van der Waals surface area contributed by atoms with Gasteiger partial charge in [-0.05, 0) is 35.5 Å². The van der Waals surface area contributed by atoms with E-state index in [1.54, 1.807) is 0 Å². The molecule has 0 saturated carbocycles. The molecule has 0 radical (unpaired) electrons. The molecule has 0 aliphatic rings. The van der Waals surface area contributed by atoms with Crippen molar-refractivity contribution in [3.63, 3.8) is 0 Å². The van der Waals surface area contributed by atoms with Crippen LogP contribution in [0.4, 0.5) is 0 Å². The Balaban J connectivity index is 2.32. The average Bonchev–Trinajstić information content (AvgIpc) is 2.30. The summed E-state index contributed by atoms with van der Waals surface area (Å²) in [5.74, 6) is 3.92. The minimum absolute atomic E-state index is 0.737. The first-order valence-electron chi connectivity index (χ1n) is 5.70. The molecule has 0 heterocycles. The monoisotopic (exact) mass is 274 g/mol. The minimum Gasteiger partial charge on any atom is -0.179 e. The number of hydrogen-bond donors (Lipinski definition) is 1. The van der Waals surface area contributed by atoms with Crippen molar-refractivity contribution in [1.82, 2.24) is 0 Å². The van der Waals surface area contributed by atoms with Crippen LogP contribution in [0.15, 0.2) is 24.3 Å². The van der Waals surface area contributed by atoms with Crippen molar-refractivity contribution in [1.29, 1.82) is 0 Å². The van der Waals surface area contributed by atoms with E-state index in [-0.39, 0.29) is 0 Å². The van der Waals surface area contributed by atoms with Crippen LogP contribution in [0.25, 0.3) is 0 Å². The fraction of sp³-hybridized carbons (Fsp3) is 0.538. The van der Waals surface area contributed by atoms with Crippen LogP contribution in [-0.4, -0.2) is 11.5 Å². The Morgan fingerprint density at radius 3 is 2.75 bits per heavy atom. The van der Waals surface area contributed by atoms with E-state index in [0.717, 1.165) is 22.4 Å². The molecule has 90 valence electrons. The molecule has 3 heteroatoms. The van der Waals surface area contributed by atoms with Crippen LogP contribution in [-0.2, 0) is 5.75 Å². The van der Waals surface area contributed by atoms with Gasteiger partial charge in [0.05, 0.1) is 0 Å². The summed E-state index contributed by atoms with van der Waals surface area (Å²) in [6.45, 7) is 2.23. The fourth-order valence-corrected chi connectivity index (χ4v) is 3.56. The maximum atomic E-state index is 6.11. The summed E-state index contributed by atoms with van der Waals surface area (Å²) in [4.78, 5) is 0. The number of benzene rings is 1. The SMILES string of the molecule is CCCC(CS)CSCc1ccccc1Cl. The van der Waals surface area contributed by atoms with Crippen molar-refractivity contribution in [3.8, 4) is 0 Å². The third kappa shape index (κ3) is 5.03. The third-order valence-electron chi connectivity index (χ3n) is 2.52. The summed E-state index contributed by atoms with van der Waals surface area (Å²) in [5, 5.41) is 0.882. The second kappa shape index (κ2) is 8.32. The molecule has 0 fully saturated rings. The van der Waals surface area contributed by atoms with E-state index in [2.05, 4.69) is 25.6 Å². The van der Waals surface area contributed by atoms with Gasteiger partial charge in [0.1, 0.15) is 0 Å². The van der Waals surface area contributed by atoms with Gasteiger partial charge in [0, 0.05) is 10.8 Å². The van der Waals surface area contributed by atoms with Gasteiger partial charge in [-0.3, -0.25) is 0 Å². The zero-order valence-electron chi connectivity index (χ0n) is 9.66. The number of rotatable bonds is 7. The van der Waals surface area contributed by atoms with Gasteiger partial charge in [0.2, 0.25) is 0 Å². The van der Waals surface area contributed by atoms with Crippen molar-refractivity contribution in [2.75, 3.05) is 11.5 Å².